The number of rotatable bonds is 4. The van der Waals surface area contributed by atoms with E-state index < -0.39 is 5.60 Å². The molecule has 0 bridgehead atoms. The summed E-state index contributed by atoms with van der Waals surface area (Å²) in [6, 6.07) is 8.51. The number of β-amino-alcohol motifs (C(OH)–C–C–N with tert-alkyl or cyclic N) is 1. The van der Waals surface area contributed by atoms with Crippen LogP contribution >= 0.6 is 0 Å². The zero-order valence-corrected chi connectivity index (χ0v) is 17.5. The minimum absolute atomic E-state index is 0.270. The number of ether oxygens (including phenoxy) is 2. The van der Waals surface area contributed by atoms with E-state index in [9.17, 15) is 5.11 Å². The molecule has 1 heterocycles. The number of aryl methyl sites for hydroxylation is 1. The zero-order chi connectivity index (χ0) is 19.5. The molecule has 0 aromatic heterocycles. The second-order valence-electron chi connectivity index (χ2n) is 9.67. The Morgan fingerprint density at radius 1 is 1.19 bits per heavy atom. The Labute approximate surface area is 164 Å². The van der Waals surface area contributed by atoms with E-state index in [1.165, 1.54) is 25.7 Å². The SMILES string of the molecule is Cc1ccccc1OC[C@]1(O)COCCN(C2CCC(C(C)(C)C)CC2)C1. The topological polar surface area (TPSA) is 41.9 Å². The lowest BCUT2D eigenvalue weighted by Crippen LogP contribution is -2.52. The van der Waals surface area contributed by atoms with Gasteiger partial charge in [-0.2, -0.15) is 0 Å². The molecule has 0 unspecified atom stereocenters. The number of nitrogens with zero attached hydrogens (tertiary/aromatic N) is 1. The van der Waals surface area contributed by atoms with Gasteiger partial charge in [-0.15, -0.1) is 0 Å². The third-order valence-corrected chi connectivity index (χ3v) is 6.42. The van der Waals surface area contributed by atoms with Crippen LogP contribution in [0.2, 0.25) is 0 Å². The summed E-state index contributed by atoms with van der Waals surface area (Å²) < 4.78 is 11.7. The molecule has 152 valence electrons. The van der Waals surface area contributed by atoms with Crippen molar-refractivity contribution >= 4 is 0 Å². The first-order valence-electron chi connectivity index (χ1n) is 10.5. The molecule has 0 amide bonds. The summed E-state index contributed by atoms with van der Waals surface area (Å²) in [5.41, 5.74) is 0.530. The monoisotopic (exact) mass is 375 g/mol. The molecule has 27 heavy (non-hydrogen) atoms. The summed E-state index contributed by atoms with van der Waals surface area (Å²) in [5, 5.41) is 11.2. The highest BCUT2D eigenvalue weighted by molar-refractivity contribution is 5.31. The van der Waals surface area contributed by atoms with E-state index in [2.05, 4.69) is 25.7 Å². The normalized spacial score (nSPS) is 30.7. The van der Waals surface area contributed by atoms with Crippen molar-refractivity contribution < 1.29 is 14.6 Å². The van der Waals surface area contributed by atoms with Crippen LogP contribution in [0.5, 0.6) is 5.75 Å². The van der Waals surface area contributed by atoms with Crippen LogP contribution in [0.1, 0.15) is 52.0 Å². The van der Waals surface area contributed by atoms with Gasteiger partial charge in [-0.25, -0.2) is 0 Å². The fourth-order valence-corrected chi connectivity index (χ4v) is 4.58. The molecule has 1 aliphatic heterocycles. The van der Waals surface area contributed by atoms with E-state index >= 15 is 0 Å². The van der Waals surface area contributed by atoms with Crippen LogP contribution in [0.4, 0.5) is 0 Å². The lowest BCUT2D eigenvalue weighted by molar-refractivity contribution is -0.0692. The highest BCUT2D eigenvalue weighted by Gasteiger charge is 2.38. The van der Waals surface area contributed by atoms with Gasteiger partial charge in [0.1, 0.15) is 18.0 Å². The standard InChI is InChI=1S/C23H37NO3/c1-18-7-5-6-8-21(18)27-17-23(25)15-24(13-14-26-16-23)20-11-9-19(10-12-20)22(2,3)4/h5-8,19-20,25H,9-17H2,1-4H3/t19?,20?,23-/m1/s1. The van der Waals surface area contributed by atoms with Crippen LogP contribution in [0, 0.1) is 18.3 Å². The Balaban J connectivity index is 1.59. The third kappa shape index (κ3) is 5.46. The predicted octanol–water partition coefficient (Wildman–Crippen LogP) is 4.04. The smallest absolute Gasteiger partial charge is 0.134 e. The van der Waals surface area contributed by atoms with Crippen LogP contribution in [0.25, 0.3) is 0 Å². The van der Waals surface area contributed by atoms with Crippen molar-refractivity contribution in [2.45, 2.75) is 65.0 Å². The summed E-state index contributed by atoms with van der Waals surface area (Å²) in [7, 11) is 0. The third-order valence-electron chi connectivity index (χ3n) is 6.42. The van der Waals surface area contributed by atoms with Crippen LogP contribution < -0.4 is 4.74 Å². The molecule has 3 rings (SSSR count). The number of para-hydroxylation sites is 1. The quantitative estimate of drug-likeness (QED) is 0.862. The Bertz CT molecular complexity index is 604. The molecular weight excluding hydrogens is 338 g/mol. The number of benzene rings is 1. The fraction of sp³-hybridized carbons (Fsp3) is 0.739. The maximum atomic E-state index is 11.2. The van der Waals surface area contributed by atoms with E-state index in [0.717, 1.165) is 23.8 Å². The minimum Gasteiger partial charge on any atom is -0.490 e. The second kappa shape index (κ2) is 8.50. The predicted molar refractivity (Wildman–Crippen MR) is 109 cm³/mol. The van der Waals surface area contributed by atoms with Crippen molar-refractivity contribution in [3.05, 3.63) is 29.8 Å². The summed E-state index contributed by atoms with van der Waals surface area (Å²) in [6.45, 7) is 11.9. The van der Waals surface area contributed by atoms with Gasteiger partial charge in [-0.1, -0.05) is 39.0 Å². The first-order chi connectivity index (χ1) is 12.8. The number of aliphatic hydroxyl groups is 1. The lowest BCUT2D eigenvalue weighted by atomic mass is 9.71. The average molecular weight is 376 g/mol. The molecule has 1 aliphatic carbocycles. The molecule has 4 heteroatoms. The van der Waals surface area contributed by atoms with E-state index in [1.54, 1.807) is 0 Å². The Kier molecular flexibility index (Phi) is 6.50. The van der Waals surface area contributed by atoms with E-state index in [1.807, 2.05) is 31.2 Å². The highest BCUT2D eigenvalue weighted by Crippen LogP contribution is 2.39. The number of hydrogen-bond donors (Lipinski definition) is 1. The van der Waals surface area contributed by atoms with E-state index in [-0.39, 0.29) is 6.61 Å². The summed E-state index contributed by atoms with van der Waals surface area (Å²) in [4.78, 5) is 2.45. The van der Waals surface area contributed by atoms with Crippen molar-refractivity contribution in [3.63, 3.8) is 0 Å². The molecular formula is C23H37NO3. The van der Waals surface area contributed by atoms with Crippen LogP contribution in [0.15, 0.2) is 24.3 Å². The number of hydrogen-bond acceptors (Lipinski definition) is 4. The van der Waals surface area contributed by atoms with Gasteiger partial charge in [-0.3, -0.25) is 4.90 Å². The largest absolute Gasteiger partial charge is 0.490 e. The van der Waals surface area contributed by atoms with Crippen LogP contribution in [-0.2, 0) is 4.74 Å². The van der Waals surface area contributed by atoms with Crippen molar-refractivity contribution in [3.8, 4) is 5.75 Å². The molecule has 2 aliphatic rings. The molecule has 0 spiro atoms. The lowest BCUT2D eigenvalue weighted by Gasteiger charge is -2.42. The Morgan fingerprint density at radius 2 is 1.89 bits per heavy atom. The molecule has 4 nitrogen and oxygen atoms in total. The van der Waals surface area contributed by atoms with Crippen molar-refractivity contribution in [1.29, 1.82) is 0 Å². The van der Waals surface area contributed by atoms with Crippen LogP contribution in [-0.4, -0.2) is 54.6 Å². The van der Waals surface area contributed by atoms with Gasteiger partial charge in [-0.05, 0) is 55.6 Å². The van der Waals surface area contributed by atoms with Gasteiger partial charge in [0.25, 0.3) is 0 Å². The zero-order valence-electron chi connectivity index (χ0n) is 17.5. The fourth-order valence-electron chi connectivity index (χ4n) is 4.58. The van der Waals surface area contributed by atoms with Gasteiger partial charge in [0.15, 0.2) is 0 Å². The van der Waals surface area contributed by atoms with Crippen molar-refractivity contribution in [2.75, 3.05) is 32.9 Å². The molecule has 1 saturated heterocycles. The Hall–Kier alpha value is -1.10. The molecule has 1 aromatic carbocycles. The van der Waals surface area contributed by atoms with E-state index in [0.29, 0.717) is 31.2 Å². The summed E-state index contributed by atoms with van der Waals surface area (Å²) in [5.74, 6) is 1.65. The molecule has 1 aromatic rings. The maximum Gasteiger partial charge on any atom is 0.134 e. The van der Waals surface area contributed by atoms with Crippen LogP contribution in [0.3, 0.4) is 0 Å². The molecule has 2 fully saturated rings. The van der Waals surface area contributed by atoms with Gasteiger partial charge in [0.05, 0.1) is 13.2 Å². The van der Waals surface area contributed by atoms with Gasteiger partial charge < -0.3 is 14.6 Å². The summed E-state index contributed by atoms with van der Waals surface area (Å²) in [6.07, 6.45) is 5.00. The molecule has 1 atom stereocenters. The van der Waals surface area contributed by atoms with Crippen molar-refractivity contribution in [1.82, 2.24) is 4.90 Å². The molecule has 1 N–H and O–H groups in total. The maximum absolute atomic E-state index is 11.2. The van der Waals surface area contributed by atoms with Crippen molar-refractivity contribution in [2.24, 2.45) is 11.3 Å². The first kappa shape index (κ1) is 20.6. The highest BCUT2D eigenvalue weighted by atomic mass is 16.5. The summed E-state index contributed by atoms with van der Waals surface area (Å²) >= 11 is 0. The minimum atomic E-state index is -0.959. The van der Waals surface area contributed by atoms with E-state index in [4.69, 9.17) is 9.47 Å². The first-order valence-corrected chi connectivity index (χ1v) is 10.5. The second-order valence-corrected chi connectivity index (χ2v) is 9.67. The molecule has 1 saturated carbocycles. The van der Waals surface area contributed by atoms with Gasteiger partial charge in [0, 0.05) is 19.1 Å². The molecule has 0 radical (unpaired) electrons. The average Bonchev–Trinajstić information content (AvgIpc) is 2.83. The van der Waals surface area contributed by atoms with Gasteiger partial charge in [0.2, 0.25) is 0 Å². The van der Waals surface area contributed by atoms with Gasteiger partial charge >= 0.3 is 0 Å². The Morgan fingerprint density at radius 3 is 2.56 bits per heavy atom.